The van der Waals surface area contributed by atoms with Gasteiger partial charge < -0.3 is 0 Å². The van der Waals surface area contributed by atoms with E-state index in [9.17, 15) is 9.59 Å². The summed E-state index contributed by atoms with van der Waals surface area (Å²) in [7, 11) is 0. The number of rotatable bonds is 5. The molecule has 0 atom stereocenters. The van der Waals surface area contributed by atoms with Crippen molar-refractivity contribution in [2.75, 3.05) is 0 Å². The summed E-state index contributed by atoms with van der Waals surface area (Å²) >= 11 is -4.51. The number of carbonyl (C=O) groups is 2. The molecule has 0 radical (unpaired) electrons. The Labute approximate surface area is 150 Å². The SMILES string of the molecule is CC(C)(C)[O][Ti]([O]N1C(=O)CCC1=O)([O]C(C)(C)C)[O]C(C)(C)C. The van der Waals surface area contributed by atoms with Gasteiger partial charge in [0.25, 0.3) is 0 Å². The van der Waals surface area contributed by atoms with E-state index in [0.717, 1.165) is 5.06 Å². The molecule has 0 bridgehead atoms. The molecule has 0 N–H and O–H groups in total. The Morgan fingerprint density at radius 2 is 1.00 bits per heavy atom. The van der Waals surface area contributed by atoms with Crippen LogP contribution >= 0.6 is 0 Å². The van der Waals surface area contributed by atoms with Gasteiger partial charge in [0.15, 0.2) is 0 Å². The van der Waals surface area contributed by atoms with Gasteiger partial charge in [-0.2, -0.15) is 0 Å². The van der Waals surface area contributed by atoms with Crippen molar-refractivity contribution >= 4 is 11.8 Å². The zero-order valence-corrected chi connectivity index (χ0v) is 17.9. The van der Waals surface area contributed by atoms with E-state index < -0.39 is 46.8 Å². The van der Waals surface area contributed by atoms with Gasteiger partial charge >= 0.3 is 150 Å². The van der Waals surface area contributed by atoms with Crippen LogP contribution in [-0.4, -0.2) is 33.7 Å². The summed E-state index contributed by atoms with van der Waals surface area (Å²) in [6, 6.07) is 0. The first-order valence-electron chi connectivity index (χ1n) is 8.17. The fraction of sp³-hybridized carbons (Fsp3) is 0.875. The van der Waals surface area contributed by atoms with Crippen LogP contribution in [0.5, 0.6) is 0 Å². The van der Waals surface area contributed by atoms with Crippen LogP contribution in [0.15, 0.2) is 0 Å². The van der Waals surface area contributed by atoms with Crippen molar-refractivity contribution in [1.29, 1.82) is 0 Å². The van der Waals surface area contributed by atoms with Crippen molar-refractivity contribution in [1.82, 2.24) is 5.06 Å². The van der Waals surface area contributed by atoms with Crippen LogP contribution in [0.1, 0.15) is 75.2 Å². The quantitative estimate of drug-likeness (QED) is 0.537. The molecule has 1 fully saturated rings. The third-order valence-electron chi connectivity index (χ3n) is 2.50. The van der Waals surface area contributed by atoms with Gasteiger partial charge in [-0.25, -0.2) is 0 Å². The minimum atomic E-state index is -4.51. The number of hydrogen-bond donors (Lipinski definition) is 0. The number of imide groups is 1. The number of nitrogens with zero attached hydrogens (tertiary/aromatic N) is 1. The van der Waals surface area contributed by atoms with Crippen LogP contribution in [0.3, 0.4) is 0 Å². The minimum absolute atomic E-state index is 0.123. The van der Waals surface area contributed by atoms with Crippen molar-refractivity contribution in [3.63, 3.8) is 0 Å². The molecular weight excluding hydrogens is 350 g/mol. The summed E-state index contributed by atoms with van der Waals surface area (Å²) in [6.45, 7) is 16.6. The second kappa shape index (κ2) is 7.13. The van der Waals surface area contributed by atoms with Gasteiger partial charge in [0.05, 0.1) is 0 Å². The average Bonchev–Trinajstić information content (AvgIpc) is 2.52. The van der Waals surface area contributed by atoms with Crippen molar-refractivity contribution in [2.24, 2.45) is 0 Å². The maximum atomic E-state index is 12.0. The molecule has 1 aliphatic heterocycles. The Kier molecular flexibility index (Phi) is 6.46. The van der Waals surface area contributed by atoms with E-state index >= 15 is 0 Å². The van der Waals surface area contributed by atoms with Gasteiger partial charge in [0.2, 0.25) is 0 Å². The summed E-state index contributed by atoms with van der Waals surface area (Å²) in [5.74, 6) is -0.801. The summed E-state index contributed by atoms with van der Waals surface area (Å²) in [4.78, 5) is 24.0. The molecule has 0 saturated carbocycles. The van der Waals surface area contributed by atoms with Crippen LogP contribution in [0.4, 0.5) is 0 Å². The van der Waals surface area contributed by atoms with Crippen molar-refractivity contribution in [3.05, 3.63) is 0 Å². The van der Waals surface area contributed by atoms with Crippen molar-refractivity contribution in [2.45, 2.75) is 92.0 Å². The molecule has 1 aliphatic rings. The van der Waals surface area contributed by atoms with E-state index in [0.29, 0.717) is 0 Å². The second-order valence-electron chi connectivity index (χ2n) is 8.82. The molecule has 0 unspecified atom stereocenters. The normalized spacial score (nSPS) is 17.8. The Bertz CT molecular complexity index is 429. The molecule has 0 aliphatic carbocycles. The van der Waals surface area contributed by atoms with Crippen LogP contribution in [-0.2, 0) is 41.1 Å². The molecule has 1 saturated heterocycles. The van der Waals surface area contributed by atoms with E-state index in [1.54, 1.807) is 0 Å². The van der Waals surface area contributed by atoms with E-state index in [1.165, 1.54) is 0 Å². The number of hydrogen-bond acceptors (Lipinski definition) is 6. The predicted molar refractivity (Wildman–Crippen MR) is 84.7 cm³/mol. The average molecular weight is 381 g/mol. The molecule has 2 amide bonds. The molecular formula is C16H31NO6Ti. The Hall–Kier alpha value is -0.306. The van der Waals surface area contributed by atoms with E-state index in [-0.39, 0.29) is 12.8 Å². The van der Waals surface area contributed by atoms with E-state index in [2.05, 4.69) is 0 Å². The first-order chi connectivity index (χ1) is 10.5. The van der Waals surface area contributed by atoms with Crippen LogP contribution < -0.4 is 0 Å². The first kappa shape index (κ1) is 21.7. The van der Waals surface area contributed by atoms with Crippen molar-refractivity contribution in [3.8, 4) is 0 Å². The van der Waals surface area contributed by atoms with Gasteiger partial charge in [-0.05, 0) is 0 Å². The second-order valence-corrected chi connectivity index (χ2v) is 11.6. The fourth-order valence-corrected chi connectivity index (χ4v) is 6.56. The molecule has 7 nitrogen and oxygen atoms in total. The Morgan fingerprint density at radius 3 is 1.25 bits per heavy atom. The monoisotopic (exact) mass is 381 g/mol. The molecule has 1 heterocycles. The Morgan fingerprint density at radius 1 is 0.708 bits per heavy atom. The zero-order chi connectivity index (χ0) is 19.0. The maximum absolute atomic E-state index is 12.0. The number of carbonyl (C=O) groups excluding carboxylic acids is 2. The number of amides is 2. The van der Waals surface area contributed by atoms with Gasteiger partial charge in [-0.15, -0.1) is 0 Å². The van der Waals surface area contributed by atoms with Crippen LogP contribution in [0, 0.1) is 0 Å². The third kappa shape index (κ3) is 7.29. The molecule has 24 heavy (non-hydrogen) atoms. The van der Waals surface area contributed by atoms with Crippen LogP contribution in [0.25, 0.3) is 0 Å². The summed E-state index contributed by atoms with van der Waals surface area (Å²) in [6.07, 6.45) is 0.245. The van der Waals surface area contributed by atoms with Gasteiger partial charge in [-0.3, -0.25) is 0 Å². The Balaban J connectivity index is 3.27. The predicted octanol–water partition coefficient (Wildman–Crippen LogP) is 3.33. The van der Waals surface area contributed by atoms with Gasteiger partial charge in [0, 0.05) is 0 Å². The molecule has 1 rings (SSSR count). The summed E-state index contributed by atoms with van der Waals surface area (Å²) < 4.78 is 24.1. The first-order valence-corrected chi connectivity index (χ1v) is 10.7. The van der Waals surface area contributed by atoms with E-state index in [1.807, 2.05) is 62.3 Å². The molecule has 0 aromatic rings. The van der Waals surface area contributed by atoms with Gasteiger partial charge in [-0.1, -0.05) is 0 Å². The topological polar surface area (TPSA) is 74.3 Å². The molecule has 0 spiro atoms. The summed E-state index contributed by atoms with van der Waals surface area (Å²) in [5.41, 5.74) is -1.91. The van der Waals surface area contributed by atoms with Crippen molar-refractivity contribution < 1.29 is 41.1 Å². The molecule has 0 aromatic heterocycles. The molecule has 140 valence electrons. The standard InChI is InChI=1S/C4H4NO3.3C4H9O.Ti/c6-3-1-2-4(7)5(3)8;3*1-4(2,3)5;/h1-2H2;3*1-3H3;/q4*-1;+4. The number of hydroxylamine groups is 2. The third-order valence-corrected chi connectivity index (χ3v) is 7.18. The molecule has 8 heteroatoms. The molecule has 0 aromatic carbocycles. The van der Waals surface area contributed by atoms with Crippen LogP contribution in [0.2, 0.25) is 0 Å². The van der Waals surface area contributed by atoms with E-state index in [4.69, 9.17) is 13.4 Å². The fourth-order valence-electron chi connectivity index (χ4n) is 2.01. The van der Waals surface area contributed by atoms with Gasteiger partial charge in [0.1, 0.15) is 0 Å². The zero-order valence-electron chi connectivity index (χ0n) is 16.3. The summed E-state index contributed by atoms with van der Waals surface area (Å²) in [5, 5.41) is 0.767.